The Hall–Kier alpha value is -4.65. The summed E-state index contributed by atoms with van der Waals surface area (Å²) in [6.07, 6.45) is 0. The molecule has 0 aliphatic carbocycles. The molecule has 0 aliphatic heterocycles. The van der Waals surface area contributed by atoms with Gasteiger partial charge in [0.2, 0.25) is 0 Å². The summed E-state index contributed by atoms with van der Waals surface area (Å²) in [7, 11) is 0. The zero-order chi connectivity index (χ0) is 83.9. The van der Waals surface area contributed by atoms with Crippen LogP contribution in [0.4, 0.5) is 0 Å². The van der Waals surface area contributed by atoms with E-state index in [0.717, 1.165) is 39.2 Å². The first kappa shape index (κ1) is 127. The zero-order valence-corrected chi connectivity index (χ0v) is 69.5. The molecule has 0 aromatic carbocycles. The average Bonchev–Trinajstić information content (AvgIpc) is 0.939. The van der Waals surface area contributed by atoms with E-state index in [1.807, 2.05) is 0 Å². The van der Waals surface area contributed by atoms with E-state index in [1.165, 1.54) is 19.6 Å². The fraction of sp³-hybridized carbons (Fsp3) is 0.643. The Kier molecular flexibility index (Phi) is 83.8. The topological polar surface area (TPSA) is 841 Å². The van der Waals surface area contributed by atoms with Gasteiger partial charge in [-0.3, -0.25) is 58.8 Å². The Morgan fingerprint density at radius 2 is 0.150 bits per heavy atom. The second-order valence-electron chi connectivity index (χ2n) is 22.2. The number of carboxylic acids is 20. The largest absolute Gasteiger partial charge is 4.00 e. The maximum Gasteiger partial charge on any atom is 4.00 e. The predicted octanol–water partition coefficient (Wildman–Crippen LogP) is -37.4. The van der Waals surface area contributed by atoms with Crippen molar-refractivity contribution in [3.05, 3.63) is 0 Å². The van der Waals surface area contributed by atoms with Crippen LogP contribution in [-0.4, -0.2) is 414 Å². The van der Waals surface area contributed by atoms with Gasteiger partial charge in [0.25, 0.3) is 0 Å². The Labute approximate surface area is 795 Å². The van der Waals surface area contributed by atoms with Crippen molar-refractivity contribution in [2.24, 2.45) is 0 Å². The number of aliphatic carboxylic acids is 20. The number of nitrogens with zero attached hydrogens (tertiary/aromatic N) is 12. The van der Waals surface area contributed by atoms with Gasteiger partial charge in [-0.05, 0) is 0 Å². The van der Waals surface area contributed by atoms with E-state index in [0.29, 0.717) is 0 Å². The molecule has 0 aromatic rings. The Bertz CT molecular complexity index is 2340. The zero-order valence-electron chi connectivity index (χ0n) is 58.8. The molecule has 0 heterocycles. The average molecular weight is 2350 g/mol. The first-order chi connectivity index (χ1) is 50.0. The van der Waals surface area contributed by atoms with Crippen molar-refractivity contribution < 1.29 is 391 Å². The summed E-state index contributed by atoms with van der Waals surface area (Å²) in [6.45, 7) is -16.6. The third-order valence-electron chi connectivity index (χ3n) is 12.9. The number of carbonyl (C=O) groups excluding carboxylic acids is 20. The van der Waals surface area contributed by atoms with Gasteiger partial charge in [0.05, 0.1) is 119 Å². The van der Waals surface area contributed by atoms with E-state index in [4.69, 9.17) is 0 Å². The third-order valence-corrected chi connectivity index (χ3v) is 12.9. The Morgan fingerprint density at radius 1 is 0.106 bits per heavy atom. The van der Waals surface area contributed by atoms with Crippen LogP contribution >= 0.6 is 0 Å². The SMILES string of the molecule is O=C([O-])CN(CCN(CC(=O)[O-])CC(=O)[O-])CCN(CC(=O)[O-])CC(=O)[O-].O=C([O-])CN(CCN(CC(=O)[O-])CC(=O)[O-])CCN(CC(=O)[O-])CC(=O)[O-].O=C([O-])CN(CCN(CC(=O)[O-])CC(=O)[O-])CCN(CC(=O)[O-])CC(=O)[O-].O=C([O-])CN(CCN(CC(=O)[O-])CC(=O)[O-])CCN(CC(=O)[O-])CC(=O)[O-].[Tb+4].[Tb+4].[Tb+4].[Tb+4].[Tb+4]. The van der Waals surface area contributed by atoms with Gasteiger partial charge in [-0.2, -0.15) is 0 Å². The molecule has 5 radical (unpaired) electrons. The summed E-state index contributed by atoms with van der Waals surface area (Å²) in [4.78, 5) is 225. The van der Waals surface area contributed by atoms with Gasteiger partial charge in [-0.15, -0.1) is 0 Å². The monoisotopic (exact) mass is 2350 g/mol. The van der Waals surface area contributed by atoms with Crippen LogP contribution in [0.1, 0.15) is 0 Å². The standard InChI is InChI=1S/4C14H23N3O10.5Tb/c4*18-10(19)5-15(1-3-16(6-11(20)21)7-12(22)23)2-4-17(8-13(24)25)9-14(26)27;;;;;/h4*1-9H2,(H,18,19)(H,20,21)(H,22,23)(H,24,25)(H,26,27);;;;;/q;;;;5*+4/p-20. The van der Waals surface area contributed by atoms with Crippen LogP contribution in [-0.2, 0) is 95.9 Å². The van der Waals surface area contributed by atoms with E-state index in [9.17, 15) is 198 Å². The number of carbonyl (C=O) groups is 20. The molecule has 0 rings (SSSR count). The van der Waals surface area contributed by atoms with Gasteiger partial charge in [-0.25, -0.2) is 0 Å². The minimum Gasteiger partial charge on any atom is -0.549 e. The fourth-order valence-electron chi connectivity index (χ4n) is 8.71. The second kappa shape index (κ2) is 74.9. The van der Waals surface area contributed by atoms with Gasteiger partial charge in [0, 0.05) is 236 Å². The quantitative estimate of drug-likeness (QED) is 0.0546. The van der Waals surface area contributed by atoms with Crippen molar-refractivity contribution in [1.29, 1.82) is 0 Å². The van der Waals surface area contributed by atoms with Crippen LogP contribution in [0.2, 0.25) is 0 Å². The molecule has 0 atom stereocenters. The third kappa shape index (κ3) is 89.5. The molecular formula is C56H72N12O40Tb5. The van der Waals surface area contributed by atoms with Crippen molar-refractivity contribution in [1.82, 2.24) is 58.8 Å². The molecule has 0 saturated carbocycles. The normalized spacial score (nSPS) is 10.6. The van der Waals surface area contributed by atoms with Crippen LogP contribution in [0.15, 0.2) is 0 Å². The first-order valence-corrected chi connectivity index (χ1v) is 30.6. The summed E-state index contributed by atoms with van der Waals surface area (Å²) in [5.74, 6) is -30.7. The molecule has 0 aromatic heterocycles. The van der Waals surface area contributed by atoms with Crippen LogP contribution in [0, 0.1) is 193 Å². The molecule has 0 fully saturated rings. The maximum atomic E-state index is 10.8. The Morgan fingerprint density at radius 3 is 0.204 bits per heavy atom. The molecule has 0 aliphatic rings. The van der Waals surface area contributed by atoms with Gasteiger partial charge in [0.1, 0.15) is 0 Å². The van der Waals surface area contributed by atoms with Crippen molar-refractivity contribution >= 4 is 119 Å². The molecule has 0 saturated heterocycles. The van der Waals surface area contributed by atoms with E-state index < -0.39 is 250 Å². The minimum absolute atomic E-state index is 0. The van der Waals surface area contributed by atoms with Gasteiger partial charge >= 0.3 is 193 Å². The number of hydrogen-bond donors (Lipinski definition) is 0. The summed E-state index contributed by atoms with van der Waals surface area (Å²) in [5.41, 5.74) is 0. The number of rotatable bonds is 64. The summed E-state index contributed by atoms with van der Waals surface area (Å²) < 4.78 is 0. The molecule has 52 nitrogen and oxygen atoms in total. The second-order valence-corrected chi connectivity index (χ2v) is 22.2. The maximum absolute atomic E-state index is 10.8. The van der Waals surface area contributed by atoms with Gasteiger partial charge in [0.15, 0.2) is 0 Å². The minimum atomic E-state index is -1.54. The van der Waals surface area contributed by atoms with E-state index in [1.54, 1.807) is 0 Å². The summed E-state index contributed by atoms with van der Waals surface area (Å²) in [6, 6.07) is 0. The van der Waals surface area contributed by atoms with Crippen molar-refractivity contribution in [2.45, 2.75) is 0 Å². The predicted molar refractivity (Wildman–Crippen MR) is 297 cm³/mol. The van der Waals surface area contributed by atoms with Crippen molar-refractivity contribution in [2.75, 3.05) is 236 Å². The summed E-state index contributed by atoms with van der Waals surface area (Å²) >= 11 is 0. The van der Waals surface area contributed by atoms with Crippen molar-refractivity contribution in [3.8, 4) is 0 Å². The van der Waals surface area contributed by atoms with Gasteiger partial charge < -0.3 is 198 Å². The van der Waals surface area contributed by atoms with Crippen LogP contribution < -0.4 is 102 Å². The molecular weight excluding hydrogens is 2280 g/mol. The molecule has 0 N–H and O–H groups in total. The molecule has 0 spiro atoms. The molecule has 113 heavy (non-hydrogen) atoms. The molecule has 57 heteroatoms. The van der Waals surface area contributed by atoms with Gasteiger partial charge in [-0.1, -0.05) is 0 Å². The molecule has 0 unspecified atom stereocenters. The van der Waals surface area contributed by atoms with E-state index in [2.05, 4.69) is 0 Å². The van der Waals surface area contributed by atoms with Crippen LogP contribution in [0.5, 0.6) is 0 Å². The number of carboxylic acid groups (broad SMARTS) is 20. The van der Waals surface area contributed by atoms with E-state index in [-0.39, 0.29) is 298 Å². The van der Waals surface area contributed by atoms with E-state index >= 15 is 0 Å². The first-order valence-electron chi connectivity index (χ1n) is 30.6. The smallest absolute Gasteiger partial charge is 0.549 e. The molecule has 0 bridgehead atoms. The van der Waals surface area contributed by atoms with Crippen LogP contribution in [0.25, 0.3) is 0 Å². The fourth-order valence-corrected chi connectivity index (χ4v) is 8.71. The molecule has 0 amide bonds. The molecule has 641 valence electrons. The van der Waals surface area contributed by atoms with Crippen molar-refractivity contribution in [3.63, 3.8) is 0 Å². The number of hydrogen-bond acceptors (Lipinski definition) is 52. The van der Waals surface area contributed by atoms with Crippen LogP contribution in [0.3, 0.4) is 0 Å². The summed E-state index contributed by atoms with van der Waals surface area (Å²) in [5, 5.41) is 213. The Balaban J connectivity index is -0.000000180.